The molecule has 2 amide bonds. The maximum Gasteiger partial charge on any atom is 0.293 e. The van der Waals surface area contributed by atoms with E-state index in [1.54, 1.807) is 7.11 Å². The van der Waals surface area contributed by atoms with Crippen LogP contribution in [0.25, 0.3) is 6.08 Å². The quantitative estimate of drug-likeness (QED) is 0.757. The van der Waals surface area contributed by atoms with Crippen molar-refractivity contribution in [2.24, 2.45) is 0 Å². The summed E-state index contributed by atoms with van der Waals surface area (Å²) in [4.78, 5) is 26.2. The number of carbonyl (C=O) groups is 2. The van der Waals surface area contributed by atoms with Crippen LogP contribution < -0.4 is 4.74 Å². The van der Waals surface area contributed by atoms with Gasteiger partial charge in [-0.3, -0.25) is 14.5 Å². The van der Waals surface area contributed by atoms with Crippen molar-refractivity contribution in [2.45, 2.75) is 46.6 Å². The predicted octanol–water partition coefficient (Wildman–Crippen LogP) is 4.57. The van der Waals surface area contributed by atoms with Gasteiger partial charge in [0.25, 0.3) is 11.1 Å². The van der Waals surface area contributed by atoms with E-state index in [0.717, 1.165) is 34.2 Å². The van der Waals surface area contributed by atoms with Crippen molar-refractivity contribution in [3.8, 4) is 5.75 Å². The lowest BCUT2D eigenvalue weighted by Crippen LogP contribution is -2.34. The summed E-state index contributed by atoms with van der Waals surface area (Å²) in [5.41, 5.74) is 3.05. The summed E-state index contributed by atoms with van der Waals surface area (Å²) in [7, 11) is 1.66. The SMILES string of the molecule is COc1cc(C)c(C=C2SC(=O)N(C(C)C)C2=O)cc1C(C)C. The van der Waals surface area contributed by atoms with E-state index in [9.17, 15) is 9.59 Å². The first-order chi connectivity index (χ1) is 10.8. The monoisotopic (exact) mass is 333 g/mol. The van der Waals surface area contributed by atoms with E-state index < -0.39 is 0 Å². The zero-order valence-corrected chi connectivity index (χ0v) is 15.3. The number of imide groups is 1. The van der Waals surface area contributed by atoms with Crippen molar-refractivity contribution in [3.63, 3.8) is 0 Å². The minimum atomic E-state index is -0.212. The van der Waals surface area contributed by atoms with E-state index in [0.29, 0.717) is 10.8 Å². The molecule has 1 aliphatic rings. The third-order valence-electron chi connectivity index (χ3n) is 3.87. The zero-order valence-electron chi connectivity index (χ0n) is 14.5. The van der Waals surface area contributed by atoms with Crippen molar-refractivity contribution >= 4 is 29.0 Å². The topological polar surface area (TPSA) is 46.6 Å². The Bertz CT molecular complexity index is 677. The molecule has 1 fully saturated rings. The van der Waals surface area contributed by atoms with Crippen LogP contribution in [0, 0.1) is 6.92 Å². The average molecular weight is 333 g/mol. The van der Waals surface area contributed by atoms with E-state index in [2.05, 4.69) is 13.8 Å². The number of carbonyl (C=O) groups excluding carboxylic acids is 2. The standard InChI is InChI=1S/C18H23NO3S/c1-10(2)14-8-13(12(5)7-15(14)22-6)9-16-17(20)19(11(3)4)18(21)23-16/h7-11H,1-6H3. The molecule has 5 heteroatoms. The first kappa shape index (κ1) is 17.6. The summed E-state index contributed by atoms with van der Waals surface area (Å²) in [6.07, 6.45) is 1.81. The summed E-state index contributed by atoms with van der Waals surface area (Å²) in [6.45, 7) is 9.86. The largest absolute Gasteiger partial charge is 0.496 e. The molecule has 0 N–H and O–H groups in total. The molecule has 4 nitrogen and oxygen atoms in total. The Morgan fingerprint density at radius 2 is 1.83 bits per heavy atom. The fraction of sp³-hybridized carbons (Fsp3) is 0.444. The summed E-state index contributed by atoms with van der Waals surface area (Å²) in [5, 5.41) is -0.202. The second-order valence-corrected chi connectivity index (χ2v) is 7.24. The van der Waals surface area contributed by atoms with E-state index in [1.165, 1.54) is 4.90 Å². The third kappa shape index (κ3) is 3.44. The fourth-order valence-corrected chi connectivity index (χ4v) is 3.52. The summed E-state index contributed by atoms with van der Waals surface area (Å²) in [5.74, 6) is 0.949. The smallest absolute Gasteiger partial charge is 0.293 e. The lowest BCUT2D eigenvalue weighted by Gasteiger charge is -2.16. The van der Waals surface area contributed by atoms with Crippen LogP contribution in [0.3, 0.4) is 0 Å². The Morgan fingerprint density at radius 1 is 1.17 bits per heavy atom. The molecule has 0 atom stereocenters. The Kier molecular flexibility index (Phi) is 5.19. The van der Waals surface area contributed by atoms with Crippen LogP contribution in [0.1, 0.15) is 50.3 Å². The van der Waals surface area contributed by atoms with Crippen LogP contribution in [-0.2, 0) is 4.79 Å². The number of benzene rings is 1. The number of amides is 2. The third-order valence-corrected chi connectivity index (χ3v) is 4.75. The molecule has 0 radical (unpaired) electrons. The van der Waals surface area contributed by atoms with Crippen molar-refractivity contribution in [1.29, 1.82) is 0 Å². The van der Waals surface area contributed by atoms with Gasteiger partial charge in [-0.2, -0.15) is 0 Å². The fourth-order valence-electron chi connectivity index (χ4n) is 2.57. The van der Waals surface area contributed by atoms with E-state index in [4.69, 9.17) is 4.74 Å². The number of thioether (sulfide) groups is 1. The molecular weight excluding hydrogens is 310 g/mol. The highest BCUT2D eigenvalue weighted by atomic mass is 32.2. The number of hydrogen-bond acceptors (Lipinski definition) is 4. The molecule has 124 valence electrons. The lowest BCUT2D eigenvalue weighted by molar-refractivity contribution is -0.123. The molecule has 23 heavy (non-hydrogen) atoms. The molecule has 0 unspecified atom stereocenters. The van der Waals surface area contributed by atoms with Gasteiger partial charge in [-0.25, -0.2) is 0 Å². The summed E-state index contributed by atoms with van der Waals surface area (Å²) < 4.78 is 5.44. The molecule has 1 heterocycles. The van der Waals surface area contributed by atoms with Gasteiger partial charge in [-0.05, 0) is 73.4 Å². The van der Waals surface area contributed by atoms with Gasteiger partial charge in [0.2, 0.25) is 0 Å². The molecule has 0 saturated carbocycles. The minimum absolute atomic E-state index is 0.128. The number of rotatable bonds is 4. The second-order valence-electron chi connectivity index (χ2n) is 6.25. The van der Waals surface area contributed by atoms with Crippen LogP contribution in [-0.4, -0.2) is 29.2 Å². The first-order valence-electron chi connectivity index (χ1n) is 7.71. The molecule has 0 spiro atoms. The first-order valence-corrected chi connectivity index (χ1v) is 8.53. The van der Waals surface area contributed by atoms with Crippen molar-refractivity contribution in [3.05, 3.63) is 33.7 Å². The van der Waals surface area contributed by atoms with Crippen molar-refractivity contribution < 1.29 is 14.3 Å². The number of hydrogen-bond donors (Lipinski definition) is 0. The summed E-state index contributed by atoms with van der Waals surface area (Å²) >= 11 is 1.01. The minimum Gasteiger partial charge on any atom is -0.496 e. The number of ether oxygens (including phenoxy) is 1. The highest BCUT2D eigenvalue weighted by Crippen LogP contribution is 2.36. The average Bonchev–Trinajstić information content (AvgIpc) is 2.74. The molecule has 1 saturated heterocycles. The van der Waals surface area contributed by atoms with Gasteiger partial charge in [0.05, 0.1) is 12.0 Å². The molecule has 0 bridgehead atoms. The maximum atomic E-state index is 12.4. The highest BCUT2D eigenvalue weighted by molar-refractivity contribution is 8.18. The molecule has 2 rings (SSSR count). The van der Waals surface area contributed by atoms with Crippen LogP contribution in [0.2, 0.25) is 0 Å². The van der Waals surface area contributed by atoms with Crippen molar-refractivity contribution in [2.75, 3.05) is 7.11 Å². The number of aryl methyl sites for hydroxylation is 1. The molecule has 1 aromatic rings. The Labute approximate surface area is 141 Å². The summed E-state index contributed by atoms with van der Waals surface area (Å²) in [6, 6.07) is 3.90. The molecule has 0 aliphatic carbocycles. The molecule has 0 aromatic heterocycles. The van der Waals surface area contributed by atoms with Crippen molar-refractivity contribution in [1.82, 2.24) is 4.90 Å². The predicted molar refractivity (Wildman–Crippen MR) is 94.8 cm³/mol. The van der Waals surface area contributed by atoms with E-state index in [1.807, 2.05) is 39.0 Å². The maximum absolute atomic E-state index is 12.4. The van der Waals surface area contributed by atoms with Gasteiger partial charge in [-0.15, -0.1) is 0 Å². The van der Waals surface area contributed by atoms with E-state index in [-0.39, 0.29) is 17.2 Å². The van der Waals surface area contributed by atoms with Gasteiger partial charge in [0, 0.05) is 6.04 Å². The molecule has 1 aromatic carbocycles. The van der Waals surface area contributed by atoms with Gasteiger partial charge < -0.3 is 4.74 Å². The van der Waals surface area contributed by atoms with Gasteiger partial charge in [-0.1, -0.05) is 13.8 Å². The molecule has 1 aliphatic heterocycles. The molecular formula is C18H23NO3S. The van der Waals surface area contributed by atoms with Gasteiger partial charge in [0.1, 0.15) is 5.75 Å². The number of nitrogens with zero attached hydrogens (tertiary/aromatic N) is 1. The zero-order chi connectivity index (χ0) is 17.3. The van der Waals surface area contributed by atoms with Crippen LogP contribution >= 0.6 is 11.8 Å². The normalized spacial score (nSPS) is 17.0. The van der Waals surface area contributed by atoms with E-state index >= 15 is 0 Å². The second kappa shape index (κ2) is 6.79. The van der Waals surface area contributed by atoms with Crippen LogP contribution in [0.15, 0.2) is 17.0 Å². The lowest BCUT2D eigenvalue weighted by atomic mass is 9.96. The highest BCUT2D eigenvalue weighted by Gasteiger charge is 2.36. The Hall–Kier alpha value is -1.75. The van der Waals surface area contributed by atoms with Gasteiger partial charge >= 0.3 is 0 Å². The Balaban J connectivity index is 2.46. The van der Waals surface area contributed by atoms with Crippen LogP contribution in [0.5, 0.6) is 5.75 Å². The van der Waals surface area contributed by atoms with Crippen LogP contribution in [0.4, 0.5) is 4.79 Å². The Morgan fingerprint density at radius 3 is 2.30 bits per heavy atom. The number of methoxy groups -OCH3 is 1. The van der Waals surface area contributed by atoms with Gasteiger partial charge in [0.15, 0.2) is 0 Å².